The highest BCUT2D eigenvalue weighted by atomic mass is 16.5. The van der Waals surface area contributed by atoms with E-state index in [4.69, 9.17) is 9.84 Å². The number of para-hydroxylation sites is 1. The molecule has 0 amide bonds. The second-order valence-corrected chi connectivity index (χ2v) is 3.88. The molecule has 1 rings (SSSR count). The SMILES string of the molecule is CC(O)CCCCC(=O)Oc1ccccc1. The van der Waals surface area contributed by atoms with Crippen molar-refractivity contribution in [3.63, 3.8) is 0 Å². The van der Waals surface area contributed by atoms with E-state index in [-0.39, 0.29) is 12.1 Å². The lowest BCUT2D eigenvalue weighted by Crippen LogP contribution is -2.08. The summed E-state index contributed by atoms with van der Waals surface area (Å²) < 4.78 is 5.12. The molecule has 0 fully saturated rings. The number of unbranched alkanes of at least 4 members (excludes halogenated alkanes) is 1. The van der Waals surface area contributed by atoms with Crippen molar-refractivity contribution in [3.8, 4) is 5.75 Å². The van der Waals surface area contributed by atoms with Crippen LogP contribution >= 0.6 is 0 Å². The highest BCUT2D eigenvalue weighted by molar-refractivity contribution is 5.72. The van der Waals surface area contributed by atoms with Crippen LogP contribution in [0.5, 0.6) is 5.75 Å². The first-order valence-corrected chi connectivity index (χ1v) is 5.62. The third kappa shape index (κ3) is 5.51. The van der Waals surface area contributed by atoms with Crippen LogP contribution in [0.1, 0.15) is 32.6 Å². The Kier molecular flexibility index (Phi) is 5.57. The maximum Gasteiger partial charge on any atom is 0.311 e. The third-order valence-corrected chi connectivity index (χ3v) is 2.23. The largest absolute Gasteiger partial charge is 0.427 e. The highest BCUT2D eigenvalue weighted by Gasteiger charge is 2.04. The molecule has 1 aromatic carbocycles. The fourth-order valence-electron chi connectivity index (χ4n) is 1.38. The Hall–Kier alpha value is -1.35. The van der Waals surface area contributed by atoms with E-state index in [1.165, 1.54) is 0 Å². The van der Waals surface area contributed by atoms with Crippen LogP contribution in [-0.2, 0) is 4.79 Å². The number of hydrogen-bond acceptors (Lipinski definition) is 3. The molecule has 0 saturated carbocycles. The monoisotopic (exact) mass is 222 g/mol. The van der Waals surface area contributed by atoms with Crippen molar-refractivity contribution in [1.82, 2.24) is 0 Å². The molecule has 1 atom stereocenters. The quantitative estimate of drug-likeness (QED) is 0.457. The number of hydrogen-bond donors (Lipinski definition) is 1. The maximum atomic E-state index is 11.4. The van der Waals surface area contributed by atoms with Crippen LogP contribution in [0.3, 0.4) is 0 Å². The standard InChI is InChI=1S/C13H18O3/c1-11(14)7-5-6-10-13(15)16-12-8-3-2-4-9-12/h2-4,8-9,11,14H,5-7,10H2,1H3. The zero-order valence-electron chi connectivity index (χ0n) is 9.56. The van der Waals surface area contributed by atoms with Crippen LogP contribution in [0.25, 0.3) is 0 Å². The number of benzene rings is 1. The fourth-order valence-corrected chi connectivity index (χ4v) is 1.38. The first-order valence-electron chi connectivity index (χ1n) is 5.62. The summed E-state index contributed by atoms with van der Waals surface area (Å²) in [6, 6.07) is 9.05. The van der Waals surface area contributed by atoms with Gasteiger partial charge in [0.05, 0.1) is 6.10 Å². The lowest BCUT2D eigenvalue weighted by molar-refractivity contribution is -0.134. The average Bonchev–Trinajstić information content (AvgIpc) is 2.25. The van der Waals surface area contributed by atoms with E-state index >= 15 is 0 Å². The lowest BCUT2D eigenvalue weighted by atomic mass is 10.1. The Bertz CT molecular complexity index is 306. The summed E-state index contributed by atoms with van der Waals surface area (Å²) in [5, 5.41) is 9.04. The van der Waals surface area contributed by atoms with Gasteiger partial charge in [0, 0.05) is 6.42 Å². The minimum absolute atomic E-state index is 0.211. The summed E-state index contributed by atoms with van der Waals surface area (Å²) in [6.07, 6.45) is 2.46. The number of aliphatic hydroxyl groups is 1. The smallest absolute Gasteiger partial charge is 0.311 e. The van der Waals surface area contributed by atoms with Crippen molar-refractivity contribution in [1.29, 1.82) is 0 Å². The molecule has 1 aromatic rings. The zero-order chi connectivity index (χ0) is 11.8. The van der Waals surface area contributed by atoms with Gasteiger partial charge in [-0.05, 0) is 31.9 Å². The van der Waals surface area contributed by atoms with Crippen molar-refractivity contribution in [2.75, 3.05) is 0 Å². The Morgan fingerprint density at radius 3 is 2.62 bits per heavy atom. The van der Waals surface area contributed by atoms with Gasteiger partial charge in [-0.15, -0.1) is 0 Å². The first kappa shape index (κ1) is 12.7. The Morgan fingerprint density at radius 1 is 1.31 bits per heavy atom. The summed E-state index contributed by atoms with van der Waals surface area (Å²) in [7, 11) is 0. The summed E-state index contributed by atoms with van der Waals surface area (Å²) >= 11 is 0. The van der Waals surface area contributed by atoms with Crippen molar-refractivity contribution in [2.45, 2.75) is 38.7 Å². The third-order valence-electron chi connectivity index (χ3n) is 2.23. The summed E-state index contributed by atoms with van der Waals surface area (Å²) in [5.74, 6) is 0.375. The zero-order valence-corrected chi connectivity index (χ0v) is 9.56. The maximum absolute atomic E-state index is 11.4. The molecule has 0 spiro atoms. The van der Waals surface area contributed by atoms with Gasteiger partial charge in [-0.1, -0.05) is 24.6 Å². The molecule has 3 nitrogen and oxygen atoms in total. The molecular formula is C13H18O3. The van der Waals surface area contributed by atoms with E-state index in [2.05, 4.69) is 0 Å². The van der Waals surface area contributed by atoms with Gasteiger partial charge in [0.25, 0.3) is 0 Å². The van der Waals surface area contributed by atoms with Crippen molar-refractivity contribution in [3.05, 3.63) is 30.3 Å². The summed E-state index contributed by atoms with van der Waals surface area (Å²) in [4.78, 5) is 11.4. The van der Waals surface area contributed by atoms with Gasteiger partial charge in [0.1, 0.15) is 5.75 Å². The van der Waals surface area contributed by atoms with Gasteiger partial charge in [0.2, 0.25) is 0 Å². The molecular weight excluding hydrogens is 204 g/mol. The van der Waals surface area contributed by atoms with Crippen LogP contribution < -0.4 is 4.74 Å². The van der Waals surface area contributed by atoms with Gasteiger partial charge >= 0.3 is 5.97 Å². The first-order chi connectivity index (χ1) is 7.68. The predicted octanol–water partition coefficient (Wildman–Crippen LogP) is 2.53. The number of esters is 1. The van der Waals surface area contributed by atoms with E-state index in [1.807, 2.05) is 18.2 Å². The van der Waals surface area contributed by atoms with E-state index in [9.17, 15) is 4.79 Å². The lowest BCUT2D eigenvalue weighted by Gasteiger charge is -2.05. The molecule has 1 unspecified atom stereocenters. The van der Waals surface area contributed by atoms with E-state index in [1.54, 1.807) is 19.1 Å². The van der Waals surface area contributed by atoms with Crippen LogP contribution in [0, 0.1) is 0 Å². The minimum Gasteiger partial charge on any atom is -0.427 e. The summed E-state index contributed by atoms with van der Waals surface area (Å²) in [5.41, 5.74) is 0. The molecule has 0 aromatic heterocycles. The molecule has 3 heteroatoms. The fraction of sp³-hybridized carbons (Fsp3) is 0.462. The van der Waals surface area contributed by atoms with E-state index in [0.29, 0.717) is 12.2 Å². The molecule has 1 N–H and O–H groups in total. The van der Waals surface area contributed by atoms with Crippen molar-refractivity contribution in [2.24, 2.45) is 0 Å². The number of ether oxygens (including phenoxy) is 1. The van der Waals surface area contributed by atoms with Crippen molar-refractivity contribution >= 4 is 5.97 Å². The normalized spacial score (nSPS) is 12.1. The topological polar surface area (TPSA) is 46.5 Å². The van der Waals surface area contributed by atoms with Crippen LogP contribution in [0.15, 0.2) is 30.3 Å². The average molecular weight is 222 g/mol. The molecule has 16 heavy (non-hydrogen) atoms. The minimum atomic E-state index is -0.287. The molecule has 0 aliphatic rings. The second-order valence-electron chi connectivity index (χ2n) is 3.88. The molecule has 0 heterocycles. The number of carbonyl (C=O) groups is 1. The predicted molar refractivity (Wildman–Crippen MR) is 62.2 cm³/mol. The van der Waals surface area contributed by atoms with Crippen molar-refractivity contribution < 1.29 is 14.6 Å². The summed E-state index contributed by atoms with van der Waals surface area (Å²) in [6.45, 7) is 1.75. The van der Waals surface area contributed by atoms with Gasteiger partial charge in [-0.25, -0.2) is 0 Å². The Labute approximate surface area is 96.1 Å². The number of aliphatic hydroxyl groups excluding tert-OH is 1. The van der Waals surface area contributed by atoms with E-state index < -0.39 is 0 Å². The Balaban J connectivity index is 2.17. The van der Waals surface area contributed by atoms with E-state index in [0.717, 1.165) is 19.3 Å². The van der Waals surface area contributed by atoms with Crippen LogP contribution in [0.2, 0.25) is 0 Å². The molecule has 0 aliphatic carbocycles. The molecule has 0 radical (unpaired) electrons. The van der Waals surface area contributed by atoms with Gasteiger partial charge in [0.15, 0.2) is 0 Å². The van der Waals surface area contributed by atoms with Gasteiger partial charge < -0.3 is 9.84 Å². The van der Waals surface area contributed by atoms with Gasteiger partial charge in [-0.3, -0.25) is 4.79 Å². The molecule has 0 aliphatic heterocycles. The van der Waals surface area contributed by atoms with Crippen LogP contribution in [-0.4, -0.2) is 17.2 Å². The van der Waals surface area contributed by atoms with Gasteiger partial charge in [-0.2, -0.15) is 0 Å². The number of rotatable bonds is 6. The Morgan fingerprint density at radius 2 is 2.00 bits per heavy atom. The highest BCUT2D eigenvalue weighted by Crippen LogP contribution is 2.11. The van der Waals surface area contributed by atoms with Crippen LogP contribution in [0.4, 0.5) is 0 Å². The molecule has 88 valence electrons. The molecule has 0 bridgehead atoms. The second kappa shape index (κ2) is 7.01. The molecule has 0 saturated heterocycles. The number of carbonyl (C=O) groups excluding carboxylic acids is 1.